The molecule has 1 aliphatic heterocycles. The molecule has 7 heteroatoms. The Labute approximate surface area is 95.5 Å². The van der Waals surface area contributed by atoms with Crippen LogP contribution in [0.3, 0.4) is 0 Å². The minimum absolute atomic E-state index is 0.00254. The number of alkyl halides is 3. The van der Waals surface area contributed by atoms with Gasteiger partial charge in [-0.15, -0.1) is 0 Å². The van der Waals surface area contributed by atoms with Crippen LogP contribution in [0.5, 0.6) is 0 Å². The van der Waals surface area contributed by atoms with Crippen LogP contribution in [0.4, 0.5) is 19.1 Å². The summed E-state index contributed by atoms with van der Waals surface area (Å²) in [5, 5.41) is 0. The van der Waals surface area contributed by atoms with Gasteiger partial charge in [0.1, 0.15) is 5.69 Å². The molecule has 0 unspecified atom stereocenters. The van der Waals surface area contributed by atoms with Gasteiger partial charge in [-0.1, -0.05) is 0 Å². The van der Waals surface area contributed by atoms with Gasteiger partial charge in [-0.3, -0.25) is 4.79 Å². The maximum Gasteiger partial charge on any atom is 0.433 e. The topological polar surface area (TPSA) is 46.1 Å². The zero-order valence-electron chi connectivity index (χ0n) is 8.87. The summed E-state index contributed by atoms with van der Waals surface area (Å²) >= 11 is 0. The number of carbonyl (C=O) groups excluding carboxylic acids is 1. The standard InChI is InChI=1S/C10H10F3N3O/c11-10(12,13)8-3-4-14-9(15-8)16-5-1-2-7(17)6-16/h3-4H,1-2,5-6H2. The first-order valence-corrected chi connectivity index (χ1v) is 5.14. The van der Waals surface area contributed by atoms with Crippen molar-refractivity contribution in [2.75, 3.05) is 18.0 Å². The van der Waals surface area contributed by atoms with Crippen molar-refractivity contribution in [3.05, 3.63) is 18.0 Å². The van der Waals surface area contributed by atoms with Crippen molar-refractivity contribution >= 4 is 11.7 Å². The molecule has 0 bridgehead atoms. The number of hydrogen-bond donors (Lipinski definition) is 0. The first-order chi connectivity index (χ1) is 7.97. The number of piperidine rings is 1. The van der Waals surface area contributed by atoms with Gasteiger partial charge in [0.15, 0.2) is 5.78 Å². The van der Waals surface area contributed by atoms with Crippen molar-refractivity contribution in [3.63, 3.8) is 0 Å². The highest BCUT2D eigenvalue weighted by Gasteiger charge is 2.33. The van der Waals surface area contributed by atoms with E-state index in [9.17, 15) is 18.0 Å². The molecule has 0 saturated carbocycles. The molecule has 0 radical (unpaired) electrons. The number of ketones is 1. The van der Waals surface area contributed by atoms with Crippen molar-refractivity contribution in [1.82, 2.24) is 9.97 Å². The summed E-state index contributed by atoms with van der Waals surface area (Å²) in [6.45, 7) is 0.592. The van der Waals surface area contributed by atoms with E-state index in [-0.39, 0.29) is 18.3 Å². The number of anilines is 1. The third kappa shape index (κ3) is 2.72. The first kappa shape index (κ1) is 11.8. The summed E-state index contributed by atoms with van der Waals surface area (Å²) in [7, 11) is 0. The van der Waals surface area contributed by atoms with E-state index < -0.39 is 11.9 Å². The maximum absolute atomic E-state index is 12.4. The monoisotopic (exact) mass is 245 g/mol. The molecule has 1 fully saturated rings. The molecule has 2 heterocycles. The molecule has 1 saturated heterocycles. The predicted molar refractivity (Wildman–Crippen MR) is 53.5 cm³/mol. The van der Waals surface area contributed by atoms with E-state index in [4.69, 9.17) is 0 Å². The number of hydrogen-bond acceptors (Lipinski definition) is 4. The third-order valence-corrected chi connectivity index (χ3v) is 2.47. The van der Waals surface area contributed by atoms with Crippen LogP contribution in [-0.2, 0) is 11.0 Å². The summed E-state index contributed by atoms with van der Waals surface area (Å²) in [5.74, 6) is -0.0369. The van der Waals surface area contributed by atoms with Crippen LogP contribution in [0.15, 0.2) is 12.3 Å². The molecule has 1 aliphatic rings. The maximum atomic E-state index is 12.4. The highest BCUT2D eigenvalue weighted by molar-refractivity contribution is 5.84. The van der Waals surface area contributed by atoms with Gasteiger partial charge in [-0.2, -0.15) is 13.2 Å². The van der Waals surface area contributed by atoms with Crippen molar-refractivity contribution < 1.29 is 18.0 Å². The summed E-state index contributed by atoms with van der Waals surface area (Å²) in [6.07, 6.45) is -2.34. The van der Waals surface area contributed by atoms with E-state index >= 15 is 0 Å². The quantitative estimate of drug-likeness (QED) is 0.755. The fourth-order valence-corrected chi connectivity index (χ4v) is 1.67. The molecule has 0 aliphatic carbocycles. The van der Waals surface area contributed by atoms with Crippen LogP contribution < -0.4 is 4.90 Å². The number of rotatable bonds is 1. The van der Waals surface area contributed by atoms with E-state index in [2.05, 4.69) is 9.97 Å². The van der Waals surface area contributed by atoms with E-state index in [0.717, 1.165) is 12.3 Å². The van der Waals surface area contributed by atoms with Crippen LogP contribution in [0.2, 0.25) is 0 Å². The van der Waals surface area contributed by atoms with Gasteiger partial charge in [0.05, 0.1) is 6.54 Å². The average molecular weight is 245 g/mol. The van der Waals surface area contributed by atoms with Gasteiger partial charge in [-0.25, -0.2) is 9.97 Å². The van der Waals surface area contributed by atoms with E-state index in [0.29, 0.717) is 19.4 Å². The lowest BCUT2D eigenvalue weighted by molar-refractivity contribution is -0.141. The Balaban J connectivity index is 2.24. The fraction of sp³-hybridized carbons (Fsp3) is 0.500. The van der Waals surface area contributed by atoms with Crippen molar-refractivity contribution in [3.8, 4) is 0 Å². The highest BCUT2D eigenvalue weighted by atomic mass is 19.4. The zero-order valence-corrected chi connectivity index (χ0v) is 8.87. The van der Waals surface area contributed by atoms with Crippen LogP contribution >= 0.6 is 0 Å². The molecule has 92 valence electrons. The smallest absolute Gasteiger partial charge is 0.333 e. The number of aromatic nitrogens is 2. The third-order valence-electron chi connectivity index (χ3n) is 2.47. The van der Waals surface area contributed by atoms with Crippen LogP contribution in [0.25, 0.3) is 0 Å². The summed E-state index contributed by atoms with van der Waals surface area (Å²) in [6, 6.07) is 0.815. The Hall–Kier alpha value is -1.66. The second-order valence-electron chi connectivity index (χ2n) is 3.80. The Morgan fingerprint density at radius 2 is 2.12 bits per heavy atom. The van der Waals surface area contributed by atoms with Crippen molar-refractivity contribution in [1.29, 1.82) is 0 Å². The van der Waals surface area contributed by atoms with Gasteiger partial charge in [0, 0.05) is 19.2 Å². The lowest BCUT2D eigenvalue weighted by Gasteiger charge is -2.25. The lowest BCUT2D eigenvalue weighted by atomic mass is 10.1. The molecule has 0 N–H and O–H groups in total. The molecule has 17 heavy (non-hydrogen) atoms. The normalized spacial score (nSPS) is 17.4. The van der Waals surface area contributed by atoms with Gasteiger partial charge < -0.3 is 4.90 Å². The Bertz CT molecular complexity index is 433. The highest BCUT2D eigenvalue weighted by Crippen LogP contribution is 2.28. The summed E-state index contributed by atoms with van der Waals surface area (Å²) in [5.41, 5.74) is -0.986. The second kappa shape index (κ2) is 4.31. The minimum atomic E-state index is -4.49. The number of halogens is 3. The second-order valence-corrected chi connectivity index (χ2v) is 3.80. The predicted octanol–water partition coefficient (Wildman–Crippen LogP) is 1.66. The van der Waals surface area contributed by atoms with Crippen LogP contribution in [-0.4, -0.2) is 28.8 Å². The van der Waals surface area contributed by atoms with Crippen LogP contribution in [0.1, 0.15) is 18.5 Å². The molecule has 4 nitrogen and oxygen atoms in total. The Morgan fingerprint density at radius 3 is 2.76 bits per heavy atom. The first-order valence-electron chi connectivity index (χ1n) is 5.14. The number of carbonyl (C=O) groups is 1. The van der Waals surface area contributed by atoms with Crippen molar-refractivity contribution in [2.45, 2.75) is 19.0 Å². The molecule has 0 amide bonds. The molecular weight excluding hydrogens is 235 g/mol. The molecule has 1 aromatic heterocycles. The van der Waals surface area contributed by atoms with E-state index in [1.165, 1.54) is 4.90 Å². The van der Waals surface area contributed by atoms with Crippen molar-refractivity contribution in [2.24, 2.45) is 0 Å². The largest absolute Gasteiger partial charge is 0.433 e. The minimum Gasteiger partial charge on any atom is -0.333 e. The van der Waals surface area contributed by atoms with E-state index in [1.807, 2.05) is 0 Å². The van der Waals surface area contributed by atoms with Crippen LogP contribution in [0, 0.1) is 0 Å². The van der Waals surface area contributed by atoms with E-state index in [1.54, 1.807) is 0 Å². The molecular formula is C10H10F3N3O. The molecule has 1 aromatic rings. The molecule has 0 atom stereocenters. The van der Waals surface area contributed by atoms with Gasteiger partial charge in [0.25, 0.3) is 0 Å². The zero-order chi connectivity index (χ0) is 12.5. The summed E-state index contributed by atoms with van der Waals surface area (Å²) < 4.78 is 37.3. The number of Topliss-reactive ketones (excluding diaryl/α,β-unsaturated/α-hetero) is 1. The Kier molecular flexibility index (Phi) is 2.99. The SMILES string of the molecule is O=C1CCCN(c2nccc(C(F)(F)F)n2)C1. The van der Waals surface area contributed by atoms with Gasteiger partial charge in [0.2, 0.25) is 5.95 Å². The molecule has 0 spiro atoms. The molecule has 2 rings (SSSR count). The number of nitrogens with zero attached hydrogens (tertiary/aromatic N) is 3. The molecule has 0 aromatic carbocycles. The lowest BCUT2D eigenvalue weighted by Crippen LogP contribution is -2.37. The average Bonchev–Trinajstić information content (AvgIpc) is 2.28. The Morgan fingerprint density at radius 1 is 1.35 bits per heavy atom. The van der Waals surface area contributed by atoms with Gasteiger partial charge in [-0.05, 0) is 12.5 Å². The van der Waals surface area contributed by atoms with Gasteiger partial charge >= 0.3 is 6.18 Å². The fourth-order valence-electron chi connectivity index (χ4n) is 1.67. The summed E-state index contributed by atoms with van der Waals surface area (Å²) in [4.78, 5) is 19.9.